The minimum atomic E-state index is -0.0795. The number of nitrogens with one attached hydrogen (secondary N) is 2. The van der Waals surface area contributed by atoms with Crippen LogP contribution >= 0.6 is 12.4 Å². The standard InChI is InChI=1S/C21H31N3O2.ClH/c22-14-17-9-4-5-12-19(17)24-21(26)16-10-6-11-18(13-16)23-20(25)15-7-2-1-3-8-15;/h6,10-11,13,15,17,19H,1-5,7-9,12,14,22H2,(H,23,25)(H,24,26);1H. The summed E-state index contributed by atoms with van der Waals surface area (Å²) in [6.45, 7) is 0.614. The fourth-order valence-electron chi connectivity index (χ4n) is 4.28. The maximum Gasteiger partial charge on any atom is 0.251 e. The number of hydrogen-bond donors (Lipinski definition) is 3. The zero-order valence-corrected chi connectivity index (χ0v) is 16.7. The average molecular weight is 394 g/mol. The molecule has 2 amide bonds. The highest BCUT2D eigenvalue weighted by atomic mass is 35.5. The number of hydrogen-bond acceptors (Lipinski definition) is 3. The monoisotopic (exact) mass is 393 g/mol. The third-order valence-corrected chi connectivity index (χ3v) is 5.90. The van der Waals surface area contributed by atoms with E-state index in [1.807, 2.05) is 12.1 Å². The number of carbonyl (C=O) groups is 2. The summed E-state index contributed by atoms with van der Waals surface area (Å²) in [6.07, 6.45) is 9.82. The van der Waals surface area contributed by atoms with Gasteiger partial charge in [-0.25, -0.2) is 0 Å². The van der Waals surface area contributed by atoms with Gasteiger partial charge in [0, 0.05) is 23.2 Å². The normalized spacial score (nSPS) is 23.1. The summed E-state index contributed by atoms with van der Waals surface area (Å²) in [5.41, 5.74) is 7.15. The van der Waals surface area contributed by atoms with Gasteiger partial charge in [-0.3, -0.25) is 9.59 Å². The number of amides is 2. The van der Waals surface area contributed by atoms with Gasteiger partial charge >= 0.3 is 0 Å². The Morgan fingerprint density at radius 2 is 1.70 bits per heavy atom. The first kappa shape index (κ1) is 21.7. The third kappa shape index (κ3) is 5.94. The van der Waals surface area contributed by atoms with Crippen molar-refractivity contribution in [3.8, 4) is 0 Å². The molecule has 2 fully saturated rings. The SMILES string of the molecule is Cl.NCC1CCCCC1NC(=O)c1cccc(NC(=O)C2CCCCC2)c1. The first-order chi connectivity index (χ1) is 12.7. The van der Waals surface area contributed by atoms with Crippen LogP contribution in [0.1, 0.15) is 68.1 Å². The average Bonchev–Trinajstić information content (AvgIpc) is 2.69. The number of rotatable bonds is 5. The molecule has 0 aliphatic heterocycles. The molecular weight excluding hydrogens is 362 g/mol. The van der Waals surface area contributed by atoms with Crippen molar-refractivity contribution in [2.75, 3.05) is 11.9 Å². The molecule has 2 unspecified atom stereocenters. The van der Waals surface area contributed by atoms with Crippen molar-refractivity contribution in [1.82, 2.24) is 5.32 Å². The number of halogens is 1. The molecule has 2 atom stereocenters. The first-order valence-corrected chi connectivity index (χ1v) is 10.1. The lowest BCUT2D eigenvalue weighted by Gasteiger charge is -2.31. The second-order valence-corrected chi connectivity index (χ2v) is 7.77. The van der Waals surface area contributed by atoms with E-state index in [2.05, 4.69) is 10.6 Å². The Kier molecular flexibility index (Phi) is 8.58. The van der Waals surface area contributed by atoms with Crippen LogP contribution in [0.25, 0.3) is 0 Å². The molecule has 0 heterocycles. The summed E-state index contributed by atoms with van der Waals surface area (Å²) in [5.74, 6) is 0.470. The van der Waals surface area contributed by atoms with Gasteiger partial charge in [-0.15, -0.1) is 12.4 Å². The van der Waals surface area contributed by atoms with Gasteiger partial charge < -0.3 is 16.4 Å². The van der Waals surface area contributed by atoms with Gasteiger partial charge in [-0.2, -0.15) is 0 Å². The van der Waals surface area contributed by atoms with Gasteiger partial charge in [-0.1, -0.05) is 38.2 Å². The van der Waals surface area contributed by atoms with Crippen LogP contribution in [0.3, 0.4) is 0 Å². The van der Waals surface area contributed by atoms with E-state index in [1.165, 1.54) is 12.8 Å². The highest BCUT2D eigenvalue weighted by Crippen LogP contribution is 2.26. The van der Waals surface area contributed by atoms with E-state index in [0.29, 0.717) is 23.7 Å². The van der Waals surface area contributed by atoms with E-state index < -0.39 is 0 Å². The molecule has 2 aliphatic rings. The van der Waals surface area contributed by atoms with E-state index in [0.717, 1.165) is 44.9 Å². The van der Waals surface area contributed by atoms with E-state index in [-0.39, 0.29) is 36.2 Å². The quantitative estimate of drug-likeness (QED) is 0.709. The molecule has 0 saturated heterocycles. The van der Waals surface area contributed by atoms with Gasteiger partial charge in [0.05, 0.1) is 0 Å². The highest BCUT2D eigenvalue weighted by molar-refractivity contribution is 5.97. The van der Waals surface area contributed by atoms with E-state index in [9.17, 15) is 9.59 Å². The van der Waals surface area contributed by atoms with Crippen molar-refractivity contribution < 1.29 is 9.59 Å². The Hall–Kier alpha value is -1.59. The molecule has 1 aromatic rings. The van der Waals surface area contributed by atoms with Gasteiger partial charge in [0.15, 0.2) is 0 Å². The van der Waals surface area contributed by atoms with E-state index >= 15 is 0 Å². The first-order valence-electron chi connectivity index (χ1n) is 10.1. The fourth-order valence-corrected chi connectivity index (χ4v) is 4.28. The predicted octanol–water partition coefficient (Wildman–Crippen LogP) is 3.87. The molecule has 27 heavy (non-hydrogen) atoms. The molecule has 4 N–H and O–H groups in total. The summed E-state index contributed by atoms with van der Waals surface area (Å²) in [7, 11) is 0. The van der Waals surface area contributed by atoms with Crippen molar-refractivity contribution in [2.24, 2.45) is 17.6 Å². The van der Waals surface area contributed by atoms with Crippen LogP contribution in [-0.2, 0) is 4.79 Å². The molecule has 1 aromatic carbocycles. The smallest absolute Gasteiger partial charge is 0.251 e. The van der Waals surface area contributed by atoms with Crippen molar-refractivity contribution in [3.05, 3.63) is 29.8 Å². The zero-order valence-electron chi connectivity index (χ0n) is 15.9. The Labute approximate surface area is 168 Å². The molecule has 0 aromatic heterocycles. The molecule has 6 heteroatoms. The fraction of sp³-hybridized carbons (Fsp3) is 0.619. The molecule has 3 rings (SSSR count). The summed E-state index contributed by atoms with van der Waals surface area (Å²) < 4.78 is 0. The summed E-state index contributed by atoms with van der Waals surface area (Å²) in [6, 6.07) is 7.40. The van der Waals surface area contributed by atoms with Gasteiger partial charge in [0.25, 0.3) is 5.91 Å². The van der Waals surface area contributed by atoms with E-state index in [1.54, 1.807) is 12.1 Å². The molecule has 2 saturated carbocycles. The van der Waals surface area contributed by atoms with Crippen molar-refractivity contribution in [1.29, 1.82) is 0 Å². The Morgan fingerprint density at radius 1 is 1.00 bits per heavy atom. The molecule has 2 aliphatic carbocycles. The van der Waals surface area contributed by atoms with Crippen LogP contribution in [0.5, 0.6) is 0 Å². The maximum atomic E-state index is 12.6. The zero-order chi connectivity index (χ0) is 18.4. The minimum absolute atomic E-state index is 0. The van der Waals surface area contributed by atoms with Crippen LogP contribution in [0.2, 0.25) is 0 Å². The molecule has 150 valence electrons. The predicted molar refractivity (Wildman–Crippen MR) is 111 cm³/mol. The Bertz CT molecular complexity index is 632. The van der Waals surface area contributed by atoms with Gasteiger partial charge in [0.2, 0.25) is 5.91 Å². The highest BCUT2D eigenvalue weighted by Gasteiger charge is 2.26. The number of nitrogens with two attached hydrogens (primary N) is 1. The van der Waals surface area contributed by atoms with E-state index in [4.69, 9.17) is 5.73 Å². The summed E-state index contributed by atoms with van der Waals surface area (Å²) >= 11 is 0. The number of carbonyl (C=O) groups excluding carboxylic acids is 2. The largest absolute Gasteiger partial charge is 0.349 e. The summed E-state index contributed by atoms with van der Waals surface area (Å²) in [4.78, 5) is 25.1. The van der Waals surface area contributed by atoms with Crippen LogP contribution in [0.15, 0.2) is 24.3 Å². The van der Waals surface area contributed by atoms with Gasteiger partial charge in [0.1, 0.15) is 0 Å². The van der Waals surface area contributed by atoms with Crippen molar-refractivity contribution in [3.63, 3.8) is 0 Å². The number of benzene rings is 1. The third-order valence-electron chi connectivity index (χ3n) is 5.90. The number of anilines is 1. The molecular formula is C21H32ClN3O2. The van der Waals surface area contributed by atoms with Crippen LogP contribution in [0.4, 0.5) is 5.69 Å². The second kappa shape index (κ2) is 10.7. The van der Waals surface area contributed by atoms with Crippen molar-refractivity contribution >= 4 is 29.9 Å². The minimum Gasteiger partial charge on any atom is -0.349 e. The molecule has 0 bridgehead atoms. The molecule has 5 nitrogen and oxygen atoms in total. The topological polar surface area (TPSA) is 84.2 Å². The van der Waals surface area contributed by atoms with Crippen molar-refractivity contribution in [2.45, 2.75) is 63.8 Å². The summed E-state index contributed by atoms with van der Waals surface area (Å²) in [5, 5.41) is 6.14. The van der Waals surface area contributed by atoms with Gasteiger partial charge in [-0.05, 0) is 56.3 Å². The lowest BCUT2D eigenvalue weighted by atomic mass is 9.84. The van der Waals surface area contributed by atoms with Crippen LogP contribution in [-0.4, -0.2) is 24.4 Å². The lowest BCUT2D eigenvalue weighted by molar-refractivity contribution is -0.120. The van der Waals surface area contributed by atoms with Crippen LogP contribution in [0, 0.1) is 11.8 Å². The Balaban J connectivity index is 0.00000261. The van der Waals surface area contributed by atoms with Crippen LogP contribution < -0.4 is 16.4 Å². The Morgan fingerprint density at radius 3 is 2.44 bits per heavy atom. The molecule has 0 spiro atoms. The molecule has 0 radical (unpaired) electrons. The maximum absolute atomic E-state index is 12.6. The lowest BCUT2D eigenvalue weighted by Crippen LogP contribution is -2.44. The second-order valence-electron chi connectivity index (χ2n) is 7.77.